The van der Waals surface area contributed by atoms with Crippen molar-refractivity contribution in [3.8, 4) is 0 Å². The van der Waals surface area contributed by atoms with Crippen LogP contribution in [0.1, 0.15) is 42.1 Å². The Hall–Kier alpha value is -2.49. The molecule has 0 bridgehead atoms. The van der Waals surface area contributed by atoms with Crippen molar-refractivity contribution in [2.75, 3.05) is 7.05 Å². The minimum absolute atomic E-state index is 0.0372. The average molecular weight is 375 g/mol. The minimum atomic E-state index is -1.05. The zero-order valence-electron chi connectivity index (χ0n) is 16.3. The predicted octanol–water partition coefficient (Wildman–Crippen LogP) is 5.47. The summed E-state index contributed by atoms with van der Waals surface area (Å²) < 4.78 is 13.5. The van der Waals surface area contributed by atoms with Gasteiger partial charge >= 0.3 is 0 Å². The fourth-order valence-electron chi connectivity index (χ4n) is 4.75. The minimum Gasteiger partial charge on any atom is -0.385 e. The van der Waals surface area contributed by atoms with Crippen molar-refractivity contribution < 1.29 is 9.50 Å². The summed E-state index contributed by atoms with van der Waals surface area (Å²) in [6.45, 7) is 2.10. The van der Waals surface area contributed by atoms with Crippen molar-refractivity contribution in [2.24, 2.45) is 5.92 Å². The lowest BCUT2D eigenvalue weighted by Gasteiger charge is -2.52. The molecule has 4 atom stereocenters. The third-order valence-electron chi connectivity index (χ3n) is 6.33. The molecule has 3 heteroatoms. The largest absolute Gasteiger partial charge is 0.385 e. The maximum atomic E-state index is 13.5. The highest BCUT2D eigenvalue weighted by atomic mass is 19.1. The summed E-state index contributed by atoms with van der Waals surface area (Å²) in [7, 11) is 2.13. The van der Waals surface area contributed by atoms with Gasteiger partial charge in [0.15, 0.2) is 0 Å². The van der Waals surface area contributed by atoms with Crippen LogP contribution in [0.3, 0.4) is 0 Å². The van der Waals surface area contributed by atoms with Crippen molar-refractivity contribution in [3.63, 3.8) is 0 Å². The SMILES string of the molecule is C[C@H]1[C@@H](c2ccccc2)N(C)[C@H](c2ccccc2)C[C@@]1(O)c1ccc(F)cc1. The Morgan fingerprint density at radius 3 is 1.96 bits per heavy atom. The summed E-state index contributed by atoms with van der Waals surface area (Å²) >= 11 is 0. The van der Waals surface area contributed by atoms with Gasteiger partial charge < -0.3 is 5.11 Å². The third kappa shape index (κ3) is 3.25. The Balaban J connectivity index is 1.83. The molecule has 144 valence electrons. The number of aliphatic hydroxyl groups is 1. The van der Waals surface area contributed by atoms with Crippen LogP contribution in [0.5, 0.6) is 0 Å². The molecule has 0 aromatic heterocycles. The zero-order chi connectivity index (χ0) is 19.7. The van der Waals surface area contributed by atoms with Crippen LogP contribution in [0.25, 0.3) is 0 Å². The lowest BCUT2D eigenvalue weighted by molar-refractivity contribution is -0.120. The number of halogens is 1. The van der Waals surface area contributed by atoms with Crippen LogP contribution < -0.4 is 0 Å². The second-order valence-corrected chi connectivity index (χ2v) is 7.87. The van der Waals surface area contributed by atoms with Crippen LogP contribution in [-0.2, 0) is 5.60 Å². The number of nitrogens with zero attached hydrogens (tertiary/aromatic N) is 1. The highest BCUT2D eigenvalue weighted by Crippen LogP contribution is 2.52. The van der Waals surface area contributed by atoms with E-state index in [4.69, 9.17) is 0 Å². The van der Waals surface area contributed by atoms with Crippen molar-refractivity contribution in [2.45, 2.75) is 31.0 Å². The van der Waals surface area contributed by atoms with E-state index in [0.29, 0.717) is 6.42 Å². The summed E-state index contributed by atoms with van der Waals surface area (Å²) in [5.41, 5.74) is 2.08. The smallest absolute Gasteiger partial charge is 0.123 e. The molecule has 0 saturated carbocycles. The van der Waals surface area contributed by atoms with E-state index in [1.54, 1.807) is 12.1 Å². The molecule has 1 fully saturated rings. The van der Waals surface area contributed by atoms with Gasteiger partial charge in [0.1, 0.15) is 5.82 Å². The molecule has 3 aromatic rings. The molecular weight excluding hydrogens is 349 g/mol. The highest BCUT2D eigenvalue weighted by Gasteiger charge is 2.49. The Bertz CT molecular complexity index is 912. The average Bonchev–Trinajstić information content (AvgIpc) is 2.73. The lowest BCUT2D eigenvalue weighted by atomic mass is 9.68. The summed E-state index contributed by atoms with van der Waals surface area (Å²) in [6.07, 6.45) is 0.559. The molecule has 0 unspecified atom stereocenters. The van der Waals surface area contributed by atoms with Crippen LogP contribution in [0.15, 0.2) is 84.9 Å². The van der Waals surface area contributed by atoms with Gasteiger partial charge in [-0.05, 0) is 35.9 Å². The van der Waals surface area contributed by atoms with Crippen molar-refractivity contribution in [3.05, 3.63) is 107 Å². The topological polar surface area (TPSA) is 23.5 Å². The molecule has 1 aliphatic rings. The van der Waals surface area contributed by atoms with E-state index >= 15 is 0 Å². The van der Waals surface area contributed by atoms with Gasteiger partial charge in [0.25, 0.3) is 0 Å². The number of hydrogen-bond donors (Lipinski definition) is 1. The summed E-state index contributed by atoms with van der Waals surface area (Å²) in [5.74, 6) is -0.350. The highest BCUT2D eigenvalue weighted by molar-refractivity contribution is 5.32. The number of piperidine rings is 1. The fraction of sp³-hybridized carbons (Fsp3) is 0.280. The first kappa shape index (κ1) is 18.9. The van der Waals surface area contributed by atoms with E-state index in [0.717, 1.165) is 5.56 Å². The van der Waals surface area contributed by atoms with E-state index in [2.05, 4.69) is 43.1 Å². The second-order valence-electron chi connectivity index (χ2n) is 7.87. The zero-order valence-corrected chi connectivity index (χ0v) is 16.3. The Morgan fingerprint density at radius 2 is 1.39 bits per heavy atom. The van der Waals surface area contributed by atoms with E-state index in [-0.39, 0.29) is 23.8 Å². The molecule has 4 rings (SSSR count). The van der Waals surface area contributed by atoms with Gasteiger partial charge in [-0.2, -0.15) is 0 Å². The maximum Gasteiger partial charge on any atom is 0.123 e. The summed E-state index contributed by atoms with van der Waals surface area (Å²) in [6, 6.07) is 27.1. The van der Waals surface area contributed by atoms with Crippen molar-refractivity contribution in [1.82, 2.24) is 4.90 Å². The monoisotopic (exact) mass is 375 g/mol. The molecule has 1 heterocycles. The first-order valence-corrected chi connectivity index (χ1v) is 9.81. The molecule has 0 spiro atoms. The number of hydrogen-bond acceptors (Lipinski definition) is 2. The Morgan fingerprint density at radius 1 is 0.857 bits per heavy atom. The predicted molar refractivity (Wildman–Crippen MR) is 110 cm³/mol. The van der Waals surface area contributed by atoms with E-state index in [1.165, 1.54) is 23.3 Å². The van der Waals surface area contributed by atoms with Gasteiger partial charge in [0, 0.05) is 24.4 Å². The second kappa shape index (κ2) is 7.50. The molecule has 28 heavy (non-hydrogen) atoms. The molecule has 0 radical (unpaired) electrons. The normalized spacial score (nSPS) is 28.2. The van der Waals surface area contributed by atoms with E-state index < -0.39 is 5.60 Å². The van der Waals surface area contributed by atoms with Crippen LogP contribution in [0, 0.1) is 11.7 Å². The van der Waals surface area contributed by atoms with Crippen LogP contribution in [-0.4, -0.2) is 17.1 Å². The van der Waals surface area contributed by atoms with Crippen LogP contribution >= 0.6 is 0 Å². The van der Waals surface area contributed by atoms with Gasteiger partial charge in [-0.25, -0.2) is 4.39 Å². The molecule has 0 amide bonds. The maximum absolute atomic E-state index is 13.5. The fourth-order valence-corrected chi connectivity index (χ4v) is 4.75. The third-order valence-corrected chi connectivity index (χ3v) is 6.33. The van der Waals surface area contributed by atoms with Gasteiger partial charge in [-0.15, -0.1) is 0 Å². The lowest BCUT2D eigenvalue weighted by Crippen LogP contribution is -2.50. The molecule has 3 aromatic carbocycles. The van der Waals surface area contributed by atoms with Crippen LogP contribution in [0.4, 0.5) is 4.39 Å². The molecule has 1 aliphatic heterocycles. The van der Waals surface area contributed by atoms with Gasteiger partial charge in [-0.1, -0.05) is 79.7 Å². The van der Waals surface area contributed by atoms with Crippen LogP contribution in [0.2, 0.25) is 0 Å². The summed E-state index contributed by atoms with van der Waals surface area (Å²) in [4.78, 5) is 2.37. The standard InChI is InChI=1S/C25H26FNO/c1-18-24(20-11-7-4-8-12-20)27(2)23(19-9-5-3-6-10-19)17-25(18,28)21-13-15-22(26)16-14-21/h3-16,18,23-24,28H,17H2,1-2H3/t18-,23-,24-,25-/m0/s1. The first-order valence-electron chi connectivity index (χ1n) is 9.81. The Labute approximate surface area is 166 Å². The van der Waals surface area contributed by atoms with Gasteiger partial charge in [0.2, 0.25) is 0 Å². The van der Waals surface area contributed by atoms with E-state index in [1.807, 2.05) is 36.4 Å². The molecular formula is C25H26FNO. The molecule has 2 nitrogen and oxygen atoms in total. The first-order chi connectivity index (χ1) is 13.5. The number of benzene rings is 3. The quantitative estimate of drug-likeness (QED) is 0.656. The summed E-state index contributed by atoms with van der Waals surface area (Å²) in [5, 5.41) is 11.9. The molecule has 1 saturated heterocycles. The number of rotatable bonds is 3. The Kier molecular flexibility index (Phi) is 5.05. The van der Waals surface area contributed by atoms with Crippen molar-refractivity contribution in [1.29, 1.82) is 0 Å². The van der Waals surface area contributed by atoms with Gasteiger partial charge in [0.05, 0.1) is 5.60 Å². The van der Waals surface area contributed by atoms with E-state index in [9.17, 15) is 9.50 Å². The molecule has 1 N–H and O–H groups in total. The van der Waals surface area contributed by atoms with Crippen molar-refractivity contribution >= 4 is 0 Å². The number of likely N-dealkylation sites (tertiary alicyclic amines) is 1. The van der Waals surface area contributed by atoms with Gasteiger partial charge in [-0.3, -0.25) is 4.90 Å². The molecule has 0 aliphatic carbocycles.